The van der Waals surface area contributed by atoms with Gasteiger partial charge in [0.1, 0.15) is 0 Å². The first-order chi connectivity index (χ1) is 1.73. The first-order valence-electron chi connectivity index (χ1n) is 0.600. The fraction of sp³-hybridized carbons (Fsp3) is 0. The van der Waals surface area contributed by atoms with Crippen molar-refractivity contribution in [1.82, 2.24) is 5.39 Å². The molecule has 0 rings (SSSR count). The number of hydrogen-bond acceptors (Lipinski definition) is 4. The van der Waals surface area contributed by atoms with E-state index < -0.39 is 5.39 Å². The molecule has 0 radical (unpaired) electrons. The maximum atomic E-state index is 7.00. The Morgan fingerprint density at radius 3 is 1.00 bits per heavy atom. The van der Waals surface area contributed by atoms with Crippen LogP contribution in [0.4, 0.5) is 0 Å². The molecule has 0 unspecified atom stereocenters. The van der Waals surface area contributed by atoms with Gasteiger partial charge in [-0.05, 0) is 0 Å². The molecular weight excluding hydrogens is 72.8 g/mol. The van der Waals surface area contributed by atoms with E-state index in [1.807, 2.05) is 0 Å². The lowest BCUT2D eigenvalue weighted by Gasteiger charge is -1.84. The highest BCUT2D eigenvalue weighted by atomic mass is 17.0. The van der Waals surface area contributed by atoms with Gasteiger partial charge in [0, 0.05) is 0 Å². The molecule has 0 saturated heterocycles. The van der Waals surface area contributed by atoms with Crippen LogP contribution in [-0.2, 0) is 0 Å². The summed E-state index contributed by atoms with van der Waals surface area (Å²) in [6.07, 6.45) is 0. The molecular formula is H6BNO3. The maximum absolute atomic E-state index is 7.00. The second-order valence-corrected chi connectivity index (χ2v) is 0.268. The summed E-state index contributed by atoms with van der Waals surface area (Å²) >= 11 is 0. The Balaban J connectivity index is 0. The van der Waals surface area contributed by atoms with Gasteiger partial charge < -0.3 is 0 Å². The van der Waals surface area contributed by atoms with E-state index in [0.717, 1.165) is 0 Å². The molecule has 0 aromatic carbocycles. The average Bonchev–Trinajstić information content (AvgIpc) is 0.811. The van der Waals surface area contributed by atoms with E-state index in [1.54, 1.807) is 0 Å². The summed E-state index contributed by atoms with van der Waals surface area (Å²) < 4.78 is 0. The smallest absolute Gasteiger partial charge is 0.0814 e. The second-order valence-electron chi connectivity index (χ2n) is 0.268. The number of hydrogen-bond donors (Lipinski definition) is 3. The van der Waals surface area contributed by atoms with E-state index in [2.05, 4.69) is 0 Å². The van der Waals surface area contributed by atoms with Crippen molar-refractivity contribution in [3.8, 4) is 0 Å². The monoisotopic (exact) mass is 79.0 g/mol. The summed E-state index contributed by atoms with van der Waals surface area (Å²) in [5, 5.41) is 20.0. The first kappa shape index (κ1) is 8.86. The average molecular weight is 78.9 g/mol. The van der Waals surface area contributed by atoms with Crippen molar-refractivity contribution in [3.05, 3.63) is 0 Å². The molecule has 0 bridgehead atoms. The van der Waals surface area contributed by atoms with Gasteiger partial charge in [-0.15, -0.1) is 0 Å². The molecule has 0 saturated carbocycles. The molecule has 32 valence electrons. The third-order valence-corrected chi connectivity index (χ3v) is 0. The van der Waals surface area contributed by atoms with Gasteiger partial charge in [0.2, 0.25) is 0 Å². The van der Waals surface area contributed by atoms with Crippen LogP contribution in [0.15, 0.2) is 0 Å². The highest BCUT2D eigenvalue weighted by Gasteiger charge is 1.64. The quantitative estimate of drug-likeness (QED) is 0.238. The predicted octanol–water partition coefficient (Wildman–Crippen LogP) is -1.73. The predicted molar refractivity (Wildman–Crippen MR) is 17.1 cm³/mol. The lowest BCUT2D eigenvalue weighted by atomic mass is 10.8. The van der Waals surface area contributed by atoms with Crippen molar-refractivity contribution < 1.29 is 15.6 Å². The van der Waals surface area contributed by atoms with E-state index in [4.69, 9.17) is 15.6 Å². The van der Waals surface area contributed by atoms with E-state index in [9.17, 15) is 0 Å². The molecule has 3 N–H and O–H groups in total. The molecule has 0 heterocycles. The van der Waals surface area contributed by atoms with Crippen molar-refractivity contribution in [2.75, 3.05) is 0 Å². The Labute approximate surface area is 30.7 Å². The van der Waals surface area contributed by atoms with E-state index in [1.165, 1.54) is 0 Å². The molecule has 0 aliphatic rings. The Bertz CT molecular complexity index is 11.6. The van der Waals surface area contributed by atoms with Crippen LogP contribution in [0, 0.1) is 0 Å². The van der Waals surface area contributed by atoms with E-state index in [-0.39, 0.29) is 8.41 Å². The summed E-state index contributed by atoms with van der Waals surface area (Å²) in [7, 11) is 0. The van der Waals surface area contributed by atoms with Crippen LogP contribution >= 0.6 is 0 Å². The molecule has 0 aliphatic carbocycles. The lowest BCUT2D eigenvalue weighted by molar-refractivity contribution is -0.472. The van der Waals surface area contributed by atoms with Gasteiger partial charge in [-0.3, -0.25) is 15.6 Å². The van der Waals surface area contributed by atoms with E-state index in [0.29, 0.717) is 0 Å². The molecule has 0 amide bonds. The fourth-order valence-electron chi connectivity index (χ4n) is 0. The molecule has 0 aromatic heterocycles. The van der Waals surface area contributed by atoms with Crippen LogP contribution < -0.4 is 0 Å². The van der Waals surface area contributed by atoms with Gasteiger partial charge in [-0.1, -0.05) is 0 Å². The number of nitrogens with zero attached hydrogens (tertiary/aromatic N) is 1. The summed E-state index contributed by atoms with van der Waals surface area (Å²) in [6, 6.07) is 0. The second kappa shape index (κ2) is 3.90. The van der Waals surface area contributed by atoms with Crippen LogP contribution in [0.5, 0.6) is 0 Å². The fourth-order valence-corrected chi connectivity index (χ4v) is 0. The Morgan fingerprint density at radius 1 is 1.00 bits per heavy atom. The Morgan fingerprint density at radius 2 is 1.00 bits per heavy atom. The van der Waals surface area contributed by atoms with Crippen molar-refractivity contribution in [3.63, 3.8) is 0 Å². The largest absolute Gasteiger partial charge is 0.266 e. The molecule has 0 aromatic rings. The van der Waals surface area contributed by atoms with Crippen LogP contribution in [0.1, 0.15) is 0 Å². The zero-order valence-electron chi connectivity index (χ0n) is 1.79. The van der Waals surface area contributed by atoms with Crippen molar-refractivity contribution >= 4 is 8.41 Å². The van der Waals surface area contributed by atoms with Crippen molar-refractivity contribution in [2.45, 2.75) is 0 Å². The third-order valence-electron chi connectivity index (χ3n) is 0. The van der Waals surface area contributed by atoms with Gasteiger partial charge in [0.25, 0.3) is 0 Å². The maximum Gasteiger partial charge on any atom is 0.0814 e. The molecule has 0 atom stereocenters. The minimum atomic E-state index is -1.00. The summed E-state index contributed by atoms with van der Waals surface area (Å²) in [5.41, 5.74) is 0. The minimum absolute atomic E-state index is 0. The van der Waals surface area contributed by atoms with Crippen LogP contribution in [0.2, 0.25) is 0 Å². The van der Waals surface area contributed by atoms with Crippen molar-refractivity contribution in [2.24, 2.45) is 0 Å². The zero-order valence-corrected chi connectivity index (χ0v) is 1.79. The molecule has 4 nitrogen and oxygen atoms in total. The zero-order chi connectivity index (χ0) is 3.58. The molecule has 5 heavy (non-hydrogen) atoms. The molecule has 0 spiro atoms. The van der Waals surface area contributed by atoms with Gasteiger partial charge in [0.05, 0.1) is 13.8 Å². The third kappa shape index (κ3) is 1570. The van der Waals surface area contributed by atoms with Crippen LogP contribution in [0.3, 0.4) is 0 Å². The van der Waals surface area contributed by atoms with Gasteiger partial charge in [0.15, 0.2) is 0 Å². The van der Waals surface area contributed by atoms with Crippen LogP contribution in [0.25, 0.3) is 0 Å². The van der Waals surface area contributed by atoms with Gasteiger partial charge in [-0.2, -0.15) is 0 Å². The standard InChI is InChI=1S/BH3.H3NO3/c;2-1(3)4/h1H3;2-4H. The van der Waals surface area contributed by atoms with Gasteiger partial charge >= 0.3 is 0 Å². The number of rotatable bonds is 0. The molecule has 0 fully saturated rings. The highest BCUT2D eigenvalue weighted by molar-refractivity contribution is 5.75. The first-order valence-corrected chi connectivity index (χ1v) is 0.600. The topological polar surface area (TPSA) is 63.9 Å². The summed E-state index contributed by atoms with van der Waals surface area (Å²) in [5.74, 6) is 0. The minimum Gasteiger partial charge on any atom is -0.266 e. The highest BCUT2D eigenvalue weighted by Crippen LogP contribution is 1.43. The lowest BCUT2D eigenvalue weighted by Crippen LogP contribution is -2.04. The Hall–Kier alpha value is -0.0951. The van der Waals surface area contributed by atoms with Gasteiger partial charge in [-0.25, -0.2) is 0 Å². The summed E-state index contributed by atoms with van der Waals surface area (Å²) in [6.45, 7) is 0. The molecule has 5 heteroatoms. The Kier molecular flexibility index (Phi) is 6.92. The SMILES string of the molecule is B.ON(O)O. The van der Waals surface area contributed by atoms with Crippen LogP contribution in [-0.4, -0.2) is 29.4 Å². The molecule has 0 aliphatic heterocycles. The normalized spacial score (nSPS) is 7.20. The van der Waals surface area contributed by atoms with E-state index >= 15 is 0 Å². The van der Waals surface area contributed by atoms with Crippen molar-refractivity contribution in [1.29, 1.82) is 0 Å². The summed E-state index contributed by atoms with van der Waals surface area (Å²) in [4.78, 5) is 0.